The van der Waals surface area contributed by atoms with E-state index in [9.17, 15) is 4.79 Å². The van der Waals surface area contributed by atoms with Crippen LogP contribution in [0.3, 0.4) is 0 Å². The number of hydrogen-bond acceptors (Lipinski definition) is 5. The van der Waals surface area contributed by atoms with Gasteiger partial charge in [0, 0.05) is 25.7 Å². The number of carbonyl (C=O) groups excluding carboxylic acids is 1. The summed E-state index contributed by atoms with van der Waals surface area (Å²) in [5, 5.41) is 8.69. The van der Waals surface area contributed by atoms with Gasteiger partial charge in [0.2, 0.25) is 0 Å². The van der Waals surface area contributed by atoms with Crippen LogP contribution in [-0.4, -0.2) is 48.8 Å². The van der Waals surface area contributed by atoms with Gasteiger partial charge in [-0.05, 0) is 27.7 Å². The molecule has 0 saturated carbocycles. The first-order chi connectivity index (χ1) is 8.38. The third-order valence-corrected chi connectivity index (χ3v) is 2.27. The van der Waals surface area contributed by atoms with Crippen LogP contribution in [0.4, 0.5) is 4.79 Å². The molecule has 0 spiro atoms. The first kappa shape index (κ1) is 14.8. The quantitative estimate of drug-likeness (QED) is 0.759. The molecular formula is C12H23N3O3. The van der Waals surface area contributed by atoms with E-state index in [1.165, 1.54) is 0 Å². The number of nitrogens with zero attached hydrogens (tertiary/aromatic N) is 2. The van der Waals surface area contributed by atoms with Crippen LogP contribution in [0, 0.1) is 0 Å². The fraction of sp³-hybridized carbons (Fsp3) is 0.833. The van der Waals surface area contributed by atoms with Gasteiger partial charge < -0.3 is 14.8 Å². The summed E-state index contributed by atoms with van der Waals surface area (Å²) in [5.41, 5.74) is -0.470. The molecule has 0 fully saturated rings. The molecule has 0 aromatic carbocycles. The highest BCUT2D eigenvalue weighted by Gasteiger charge is 2.16. The van der Waals surface area contributed by atoms with Gasteiger partial charge in [-0.3, -0.25) is 5.01 Å². The fourth-order valence-corrected chi connectivity index (χ4v) is 1.47. The largest absolute Gasteiger partial charge is 0.444 e. The van der Waals surface area contributed by atoms with Gasteiger partial charge in [0.25, 0.3) is 0 Å². The Morgan fingerprint density at radius 2 is 2.28 bits per heavy atom. The number of hydrogen-bond donors (Lipinski definition) is 1. The second-order valence-corrected chi connectivity index (χ2v) is 5.15. The monoisotopic (exact) mass is 257 g/mol. The molecule has 0 radical (unpaired) electrons. The van der Waals surface area contributed by atoms with Crippen LogP contribution >= 0.6 is 0 Å². The molecule has 0 bridgehead atoms. The molecule has 104 valence electrons. The minimum Gasteiger partial charge on any atom is -0.444 e. The fourth-order valence-electron chi connectivity index (χ4n) is 1.47. The minimum atomic E-state index is -0.470. The van der Waals surface area contributed by atoms with Crippen LogP contribution in [0.25, 0.3) is 0 Å². The summed E-state index contributed by atoms with van der Waals surface area (Å²) in [7, 11) is 0. The van der Waals surface area contributed by atoms with Crippen molar-refractivity contribution < 1.29 is 14.3 Å². The molecule has 1 N–H and O–H groups in total. The summed E-state index contributed by atoms with van der Waals surface area (Å²) in [6, 6.07) is 0. The highest BCUT2D eigenvalue weighted by atomic mass is 16.6. The minimum absolute atomic E-state index is 0.0656. The number of rotatable bonds is 5. The number of amides is 1. The van der Waals surface area contributed by atoms with Crippen molar-refractivity contribution >= 4 is 12.3 Å². The molecule has 1 unspecified atom stereocenters. The van der Waals surface area contributed by atoms with E-state index in [4.69, 9.17) is 9.47 Å². The Morgan fingerprint density at radius 3 is 2.83 bits per heavy atom. The lowest BCUT2D eigenvalue weighted by Crippen LogP contribution is -2.36. The SMILES string of the molecule is CC(OCCNC(=O)OC(C)(C)C)N1CCC=N1. The van der Waals surface area contributed by atoms with E-state index in [0.29, 0.717) is 13.2 Å². The first-order valence-corrected chi connectivity index (χ1v) is 6.26. The Labute approximate surface area is 108 Å². The van der Waals surface area contributed by atoms with E-state index in [-0.39, 0.29) is 6.23 Å². The standard InChI is InChI=1S/C12H23N3O3/c1-10(15-8-5-6-14-15)17-9-7-13-11(16)18-12(2,3)4/h6,10H,5,7-9H2,1-4H3,(H,13,16). The molecule has 6 heteroatoms. The zero-order valence-corrected chi connectivity index (χ0v) is 11.6. The normalized spacial score (nSPS) is 16.8. The average Bonchev–Trinajstić information content (AvgIpc) is 2.74. The zero-order valence-electron chi connectivity index (χ0n) is 11.6. The molecule has 1 rings (SSSR count). The van der Waals surface area contributed by atoms with Gasteiger partial charge in [-0.15, -0.1) is 0 Å². The van der Waals surface area contributed by atoms with Crippen LogP contribution in [0.2, 0.25) is 0 Å². The van der Waals surface area contributed by atoms with Gasteiger partial charge in [0.15, 0.2) is 0 Å². The number of hydrazone groups is 1. The molecule has 0 saturated heterocycles. The van der Waals surface area contributed by atoms with Crippen molar-refractivity contribution in [2.24, 2.45) is 5.10 Å². The van der Waals surface area contributed by atoms with Crippen molar-refractivity contribution in [1.29, 1.82) is 0 Å². The second-order valence-electron chi connectivity index (χ2n) is 5.15. The molecule has 1 aliphatic rings. The van der Waals surface area contributed by atoms with Gasteiger partial charge in [-0.25, -0.2) is 4.79 Å². The van der Waals surface area contributed by atoms with Gasteiger partial charge in [0.1, 0.15) is 11.8 Å². The van der Waals surface area contributed by atoms with Crippen LogP contribution < -0.4 is 5.32 Å². The zero-order chi connectivity index (χ0) is 13.6. The first-order valence-electron chi connectivity index (χ1n) is 6.26. The number of nitrogens with one attached hydrogen (secondary N) is 1. The van der Waals surface area contributed by atoms with E-state index in [1.54, 1.807) is 0 Å². The Bertz CT molecular complexity index is 299. The predicted octanol–water partition coefficient (Wildman–Crippen LogP) is 1.57. The Morgan fingerprint density at radius 1 is 1.56 bits per heavy atom. The third kappa shape index (κ3) is 5.86. The maximum atomic E-state index is 11.3. The lowest BCUT2D eigenvalue weighted by atomic mass is 10.2. The highest BCUT2D eigenvalue weighted by Crippen LogP contribution is 2.07. The van der Waals surface area contributed by atoms with Crippen LogP contribution in [0.1, 0.15) is 34.1 Å². The van der Waals surface area contributed by atoms with E-state index >= 15 is 0 Å². The number of ether oxygens (including phenoxy) is 2. The van der Waals surface area contributed by atoms with Crippen molar-refractivity contribution in [1.82, 2.24) is 10.3 Å². The van der Waals surface area contributed by atoms with Gasteiger partial charge in [0.05, 0.1) is 6.61 Å². The Balaban J connectivity index is 2.07. The number of carbonyl (C=O) groups is 1. The van der Waals surface area contributed by atoms with E-state index in [0.717, 1.165) is 13.0 Å². The lowest BCUT2D eigenvalue weighted by Gasteiger charge is -2.23. The van der Waals surface area contributed by atoms with Crippen molar-refractivity contribution in [2.75, 3.05) is 19.7 Å². The van der Waals surface area contributed by atoms with E-state index < -0.39 is 11.7 Å². The van der Waals surface area contributed by atoms with Gasteiger partial charge in [-0.1, -0.05) is 0 Å². The second kappa shape index (κ2) is 6.58. The summed E-state index contributed by atoms with van der Waals surface area (Å²) < 4.78 is 10.7. The van der Waals surface area contributed by atoms with E-state index in [1.807, 2.05) is 38.9 Å². The van der Waals surface area contributed by atoms with Crippen molar-refractivity contribution in [3.05, 3.63) is 0 Å². The number of alkyl carbamates (subject to hydrolysis) is 1. The lowest BCUT2D eigenvalue weighted by molar-refractivity contribution is -0.0402. The maximum absolute atomic E-state index is 11.3. The topological polar surface area (TPSA) is 63.2 Å². The van der Waals surface area contributed by atoms with Crippen LogP contribution in [0.15, 0.2) is 5.10 Å². The summed E-state index contributed by atoms with van der Waals surface area (Å²) >= 11 is 0. The van der Waals surface area contributed by atoms with Crippen LogP contribution in [0.5, 0.6) is 0 Å². The third-order valence-electron chi connectivity index (χ3n) is 2.27. The van der Waals surface area contributed by atoms with Crippen LogP contribution in [-0.2, 0) is 9.47 Å². The molecule has 18 heavy (non-hydrogen) atoms. The van der Waals surface area contributed by atoms with Crippen molar-refractivity contribution in [2.45, 2.75) is 45.9 Å². The summed E-state index contributed by atoms with van der Waals surface area (Å²) in [6.45, 7) is 9.18. The molecule has 1 aliphatic heterocycles. The summed E-state index contributed by atoms with van der Waals surface area (Å²) in [5.74, 6) is 0. The van der Waals surface area contributed by atoms with Gasteiger partial charge in [-0.2, -0.15) is 5.10 Å². The molecule has 1 heterocycles. The summed E-state index contributed by atoms with van der Waals surface area (Å²) in [4.78, 5) is 11.3. The molecular weight excluding hydrogens is 234 g/mol. The Hall–Kier alpha value is -1.30. The average molecular weight is 257 g/mol. The molecule has 0 aromatic rings. The molecule has 1 amide bonds. The van der Waals surface area contributed by atoms with Crippen molar-refractivity contribution in [3.8, 4) is 0 Å². The predicted molar refractivity (Wildman–Crippen MR) is 69.5 cm³/mol. The van der Waals surface area contributed by atoms with Crippen molar-refractivity contribution in [3.63, 3.8) is 0 Å². The summed E-state index contributed by atoms with van der Waals surface area (Å²) in [6.07, 6.45) is 2.35. The molecule has 6 nitrogen and oxygen atoms in total. The molecule has 0 aromatic heterocycles. The molecule has 1 atom stereocenters. The molecule has 0 aliphatic carbocycles. The van der Waals surface area contributed by atoms with E-state index in [2.05, 4.69) is 10.4 Å². The Kier molecular flexibility index (Phi) is 5.40. The highest BCUT2D eigenvalue weighted by molar-refractivity contribution is 5.67. The smallest absolute Gasteiger partial charge is 0.407 e. The van der Waals surface area contributed by atoms with Gasteiger partial charge >= 0.3 is 6.09 Å². The maximum Gasteiger partial charge on any atom is 0.407 e.